The predicted octanol–water partition coefficient (Wildman–Crippen LogP) is 1.76. The zero-order valence-electron chi connectivity index (χ0n) is 13.0. The average molecular weight is 350 g/mol. The summed E-state index contributed by atoms with van der Waals surface area (Å²) in [6.45, 7) is 2.30. The lowest BCUT2D eigenvalue weighted by molar-refractivity contribution is -0.147. The van der Waals surface area contributed by atoms with E-state index in [1.165, 1.54) is 11.1 Å². The smallest absolute Gasteiger partial charge is 0.328 e. The molecule has 0 spiro atoms. The van der Waals surface area contributed by atoms with Crippen molar-refractivity contribution in [1.82, 2.24) is 14.7 Å². The van der Waals surface area contributed by atoms with Gasteiger partial charge in [-0.3, -0.25) is 4.79 Å². The molecule has 1 fully saturated rings. The van der Waals surface area contributed by atoms with Crippen molar-refractivity contribution in [1.29, 1.82) is 0 Å². The minimum atomic E-state index is -1.08. The Morgan fingerprint density at radius 3 is 2.92 bits per heavy atom. The standard InChI is InChI=1S/C16H16ClN3O4/c1-10-13(8-18-20(10)12-4-2-3-11(17)7-12)15(21)19-5-6-24-9-14(19)16(22)23/h2-4,7-8,14H,5-6,9H2,1H3,(H,22,23)/t14-/m1/s1. The van der Waals surface area contributed by atoms with Crippen molar-refractivity contribution in [3.05, 3.63) is 46.7 Å². The molecule has 1 saturated heterocycles. The third-order valence-electron chi connectivity index (χ3n) is 3.97. The molecule has 0 bridgehead atoms. The molecule has 7 nitrogen and oxygen atoms in total. The van der Waals surface area contributed by atoms with Crippen LogP contribution in [0, 0.1) is 6.92 Å². The van der Waals surface area contributed by atoms with Crippen LogP contribution in [0.2, 0.25) is 5.02 Å². The second kappa shape index (κ2) is 6.62. The van der Waals surface area contributed by atoms with Gasteiger partial charge in [0.05, 0.1) is 36.4 Å². The van der Waals surface area contributed by atoms with Gasteiger partial charge in [0.2, 0.25) is 0 Å². The summed E-state index contributed by atoms with van der Waals surface area (Å²) in [7, 11) is 0. The number of rotatable bonds is 3. The van der Waals surface area contributed by atoms with Gasteiger partial charge >= 0.3 is 5.97 Å². The van der Waals surface area contributed by atoms with Crippen LogP contribution >= 0.6 is 11.6 Å². The van der Waals surface area contributed by atoms with E-state index in [1.54, 1.807) is 29.8 Å². The Labute approximate surface area is 143 Å². The first-order chi connectivity index (χ1) is 11.5. The molecule has 2 heterocycles. The molecule has 0 aliphatic carbocycles. The van der Waals surface area contributed by atoms with Crippen molar-refractivity contribution in [2.75, 3.05) is 19.8 Å². The normalized spacial score (nSPS) is 17.8. The van der Waals surface area contributed by atoms with Gasteiger partial charge in [0.15, 0.2) is 6.04 Å². The van der Waals surface area contributed by atoms with Gasteiger partial charge in [-0.1, -0.05) is 17.7 Å². The zero-order chi connectivity index (χ0) is 17.3. The van der Waals surface area contributed by atoms with Crippen LogP contribution in [-0.4, -0.2) is 57.5 Å². The van der Waals surface area contributed by atoms with Crippen LogP contribution in [0.25, 0.3) is 5.69 Å². The van der Waals surface area contributed by atoms with E-state index in [-0.39, 0.29) is 19.1 Å². The van der Waals surface area contributed by atoms with Crippen molar-refractivity contribution in [3.63, 3.8) is 0 Å². The van der Waals surface area contributed by atoms with Crippen molar-refractivity contribution in [2.45, 2.75) is 13.0 Å². The van der Waals surface area contributed by atoms with Crippen molar-refractivity contribution >= 4 is 23.5 Å². The summed E-state index contributed by atoms with van der Waals surface area (Å²) in [6, 6.07) is 6.13. The summed E-state index contributed by atoms with van der Waals surface area (Å²) in [5.74, 6) is -1.44. The number of hydrogen-bond donors (Lipinski definition) is 1. The Balaban J connectivity index is 1.92. The number of nitrogens with zero attached hydrogens (tertiary/aromatic N) is 3. The van der Waals surface area contributed by atoms with E-state index in [0.717, 1.165) is 5.69 Å². The highest BCUT2D eigenvalue weighted by Crippen LogP contribution is 2.20. The van der Waals surface area contributed by atoms with Gasteiger partial charge in [-0.2, -0.15) is 5.10 Å². The summed E-state index contributed by atoms with van der Waals surface area (Å²) in [6.07, 6.45) is 1.45. The van der Waals surface area contributed by atoms with Crippen molar-refractivity contribution in [3.8, 4) is 5.69 Å². The SMILES string of the molecule is Cc1c(C(=O)N2CCOC[C@@H]2C(=O)O)cnn1-c1cccc(Cl)c1. The van der Waals surface area contributed by atoms with E-state index in [4.69, 9.17) is 16.3 Å². The number of aromatic nitrogens is 2. The van der Waals surface area contributed by atoms with Gasteiger partial charge in [-0.15, -0.1) is 0 Å². The summed E-state index contributed by atoms with van der Waals surface area (Å²) < 4.78 is 6.77. The van der Waals surface area contributed by atoms with Crippen LogP contribution in [0.15, 0.2) is 30.5 Å². The van der Waals surface area contributed by atoms with Crippen LogP contribution in [0.3, 0.4) is 0 Å². The van der Waals surface area contributed by atoms with E-state index < -0.39 is 12.0 Å². The van der Waals surface area contributed by atoms with E-state index in [9.17, 15) is 14.7 Å². The van der Waals surface area contributed by atoms with E-state index in [1.807, 2.05) is 6.07 Å². The summed E-state index contributed by atoms with van der Waals surface area (Å²) in [5.41, 5.74) is 1.72. The third-order valence-corrected chi connectivity index (χ3v) is 4.20. The molecule has 1 aliphatic heterocycles. The van der Waals surface area contributed by atoms with Crippen molar-refractivity contribution < 1.29 is 19.4 Å². The topological polar surface area (TPSA) is 84.7 Å². The number of carbonyl (C=O) groups is 2. The van der Waals surface area contributed by atoms with Crippen LogP contribution < -0.4 is 0 Å². The molecule has 1 N–H and O–H groups in total. The highest BCUT2D eigenvalue weighted by Gasteiger charge is 2.34. The Morgan fingerprint density at radius 1 is 1.42 bits per heavy atom. The predicted molar refractivity (Wildman–Crippen MR) is 86.6 cm³/mol. The fraction of sp³-hybridized carbons (Fsp3) is 0.312. The highest BCUT2D eigenvalue weighted by molar-refractivity contribution is 6.30. The van der Waals surface area contributed by atoms with Crippen LogP contribution in [-0.2, 0) is 9.53 Å². The molecular weight excluding hydrogens is 334 g/mol. The molecule has 0 unspecified atom stereocenters. The molecule has 1 aromatic heterocycles. The van der Waals surface area contributed by atoms with Crippen LogP contribution in [0.1, 0.15) is 16.1 Å². The van der Waals surface area contributed by atoms with Gasteiger partial charge < -0.3 is 14.7 Å². The van der Waals surface area contributed by atoms with E-state index in [0.29, 0.717) is 22.9 Å². The number of ether oxygens (including phenoxy) is 1. The maximum atomic E-state index is 12.8. The van der Waals surface area contributed by atoms with Crippen molar-refractivity contribution in [2.24, 2.45) is 0 Å². The third kappa shape index (κ3) is 3.00. The summed E-state index contributed by atoms with van der Waals surface area (Å²) in [5, 5.41) is 14.1. The lowest BCUT2D eigenvalue weighted by atomic mass is 10.1. The Hall–Kier alpha value is -2.38. The Kier molecular flexibility index (Phi) is 4.55. The number of benzene rings is 1. The second-order valence-electron chi connectivity index (χ2n) is 5.46. The molecule has 126 valence electrons. The van der Waals surface area contributed by atoms with E-state index >= 15 is 0 Å². The maximum absolute atomic E-state index is 12.8. The lowest BCUT2D eigenvalue weighted by Crippen LogP contribution is -2.52. The molecule has 8 heteroatoms. The fourth-order valence-electron chi connectivity index (χ4n) is 2.69. The van der Waals surface area contributed by atoms with Crippen LogP contribution in [0.5, 0.6) is 0 Å². The highest BCUT2D eigenvalue weighted by atomic mass is 35.5. The van der Waals surface area contributed by atoms with Gasteiger partial charge in [0, 0.05) is 11.6 Å². The monoisotopic (exact) mass is 349 g/mol. The number of hydrogen-bond acceptors (Lipinski definition) is 4. The molecule has 1 aliphatic rings. The van der Waals surface area contributed by atoms with Gasteiger partial charge in [-0.25, -0.2) is 9.48 Å². The lowest BCUT2D eigenvalue weighted by Gasteiger charge is -2.32. The van der Waals surface area contributed by atoms with Gasteiger partial charge in [0.25, 0.3) is 5.91 Å². The maximum Gasteiger partial charge on any atom is 0.328 e. The molecule has 1 atom stereocenters. The van der Waals surface area contributed by atoms with E-state index in [2.05, 4.69) is 5.10 Å². The zero-order valence-corrected chi connectivity index (χ0v) is 13.7. The number of carboxylic acid groups (broad SMARTS) is 1. The molecule has 1 aromatic carbocycles. The first-order valence-corrected chi connectivity index (χ1v) is 7.79. The molecular formula is C16H16ClN3O4. The van der Waals surface area contributed by atoms with Crippen LogP contribution in [0.4, 0.5) is 0 Å². The minimum Gasteiger partial charge on any atom is -0.480 e. The molecule has 0 radical (unpaired) electrons. The molecule has 2 aromatic rings. The van der Waals surface area contributed by atoms with Gasteiger partial charge in [-0.05, 0) is 25.1 Å². The molecule has 1 amide bonds. The first-order valence-electron chi connectivity index (χ1n) is 7.41. The fourth-order valence-corrected chi connectivity index (χ4v) is 2.88. The Bertz CT molecular complexity index is 789. The molecule has 3 rings (SSSR count). The first kappa shape index (κ1) is 16.5. The summed E-state index contributed by atoms with van der Waals surface area (Å²) in [4.78, 5) is 25.4. The van der Waals surface area contributed by atoms with Gasteiger partial charge in [0.1, 0.15) is 0 Å². The number of amides is 1. The Morgan fingerprint density at radius 2 is 2.21 bits per heavy atom. The number of carboxylic acids is 1. The summed E-state index contributed by atoms with van der Waals surface area (Å²) >= 11 is 6.00. The largest absolute Gasteiger partial charge is 0.480 e. The quantitative estimate of drug-likeness (QED) is 0.912. The number of halogens is 1. The molecule has 24 heavy (non-hydrogen) atoms. The molecule has 0 saturated carbocycles. The average Bonchev–Trinajstić information content (AvgIpc) is 2.95. The second-order valence-corrected chi connectivity index (χ2v) is 5.90. The number of aliphatic carboxylic acids is 1. The number of carbonyl (C=O) groups excluding carboxylic acids is 1. The number of morpholine rings is 1. The minimum absolute atomic E-state index is 0.0114.